The number of ether oxygens (including phenoxy) is 1. The normalized spacial score (nSPS) is 33.5. The molecule has 2 aliphatic heterocycles. The lowest BCUT2D eigenvalue weighted by molar-refractivity contribution is 0.145. The maximum atomic E-state index is 5.53. The lowest BCUT2D eigenvalue weighted by Gasteiger charge is -2.33. The predicted molar refractivity (Wildman–Crippen MR) is 74.9 cm³/mol. The average molecular weight is 255 g/mol. The highest BCUT2D eigenvalue weighted by Crippen LogP contribution is 2.19. The SMILES string of the molecule is CNC(CN1CCCN(C)CC1C)C1CCOC1. The average Bonchev–Trinajstić information content (AvgIpc) is 2.81. The van der Waals surface area contributed by atoms with E-state index in [0.29, 0.717) is 18.0 Å². The zero-order chi connectivity index (χ0) is 13.0. The molecule has 2 heterocycles. The van der Waals surface area contributed by atoms with E-state index in [1.807, 2.05) is 0 Å². The van der Waals surface area contributed by atoms with Crippen LogP contribution >= 0.6 is 0 Å². The van der Waals surface area contributed by atoms with Crippen LogP contribution in [0.4, 0.5) is 0 Å². The zero-order valence-corrected chi connectivity index (χ0v) is 12.2. The topological polar surface area (TPSA) is 27.7 Å². The number of rotatable bonds is 4. The maximum absolute atomic E-state index is 5.53. The van der Waals surface area contributed by atoms with Crippen molar-refractivity contribution in [3.63, 3.8) is 0 Å². The molecule has 0 aromatic carbocycles. The second kappa shape index (κ2) is 6.85. The third kappa shape index (κ3) is 3.67. The number of hydrogen-bond acceptors (Lipinski definition) is 4. The quantitative estimate of drug-likeness (QED) is 0.798. The van der Waals surface area contributed by atoms with E-state index in [2.05, 4.69) is 36.1 Å². The van der Waals surface area contributed by atoms with Crippen LogP contribution in [-0.2, 0) is 4.74 Å². The van der Waals surface area contributed by atoms with Gasteiger partial charge >= 0.3 is 0 Å². The molecule has 0 amide bonds. The molecule has 2 fully saturated rings. The molecule has 0 aliphatic carbocycles. The van der Waals surface area contributed by atoms with Gasteiger partial charge in [-0.3, -0.25) is 4.90 Å². The van der Waals surface area contributed by atoms with Gasteiger partial charge in [0.15, 0.2) is 0 Å². The zero-order valence-electron chi connectivity index (χ0n) is 12.2. The molecule has 2 saturated heterocycles. The van der Waals surface area contributed by atoms with E-state index >= 15 is 0 Å². The molecule has 4 nitrogen and oxygen atoms in total. The van der Waals surface area contributed by atoms with Gasteiger partial charge in [-0.25, -0.2) is 0 Å². The van der Waals surface area contributed by atoms with Crippen molar-refractivity contribution >= 4 is 0 Å². The predicted octanol–water partition coefficient (Wildman–Crippen LogP) is 0.637. The molecule has 0 spiro atoms. The first kappa shape index (κ1) is 14.3. The molecule has 4 heteroatoms. The fourth-order valence-electron chi connectivity index (χ4n) is 3.29. The van der Waals surface area contributed by atoms with E-state index < -0.39 is 0 Å². The van der Waals surface area contributed by atoms with Gasteiger partial charge in [0.2, 0.25) is 0 Å². The lowest BCUT2D eigenvalue weighted by atomic mass is 9.98. The highest BCUT2D eigenvalue weighted by molar-refractivity contribution is 4.84. The van der Waals surface area contributed by atoms with Crippen LogP contribution in [0.5, 0.6) is 0 Å². The highest BCUT2D eigenvalue weighted by Gasteiger charge is 2.28. The van der Waals surface area contributed by atoms with Gasteiger partial charge in [0, 0.05) is 37.7 Å². The summed E-state index contributed by atoms with van der Waals surface area (Å²) in [6.07, 6.45) is 2.51. The van der Waals surface area contributed by atoms with Crippen molar-refractivity contribution in [3.8, 4) is 0 Å². The monoisotopic (exact) mass is 255 g/mol. The molecule has 0 bridgehead atoms. The van der Waals surface area contributed by atoms with E-state index in [1.54, 1.807) is 0 Å². The van der Waals surface area contributed by atoms with Crippen molar-refractivity contribution in [2.75, 3.05) is 53.5 Å². The molecule has 0 aromatic rings. The van der Waals surface area contributed by atoms with Crippen molar-refractivity contribution in [2.45, 2.75) is 31.8 Å². The Morgan fingerprint density at radius 2 is 2.22 bits per heavy atom. The summed E-state index contributed by atoms with van der Waals surface area (Å²) < 4.78 is 5.53. The molecule has 0 saturated carbocycles. The van der Waals surface area contributed by atoms with E-state index in [9.17, 15) is 0 Å². The van der Waals surface area contributed by atoms with Crippen molar-refractivity contribution in [1.82, 2.24) is 15.1 Å². The molecule has 3 atom stereocenters. The molecular weight excluding hydrogens is 226 g/mol. The Morgan fingerprint density at radius 3 is 2.89 bits per heavy atom. The first-order valence-electron chi connectivity index (χ1n) is 7.38. The first-order chi connectivity index (χ1) is 8.70. The third-order valence-corrected chi connectivity index (χ3v) is 4.52. The second-order valence-corrected chi connectivity index (χ2v) is 5.98. The minimum absolute atomic E-state index is 0.582. The van der Waals surface area contributed by atoms with Crippen LogP contribution in [0.25, 0.3) is 0 Å². The third-order valence-electron chi connectivity index (χ3n) is 4.52. The van der Waals surface area contributed by atoms with Gasteiger partial charge in [0.1, 0.15) is 0 Å². The fourth-order valence-corrected chi connectivity index (χ4v) is 3.29. The molecule has 3 unspecified atom stereocenters. The van der Waals surface area contributed by atoms with Gasteiger partial charge < -0.3 is 15.0 Å². The molecule has 2 aliphatic rings. The van der Waals surface area contributed by atoms with E-state index in [1.165, 1.54) is 39.0 Å². The summed E-state index contributed by atoms with van der Waals surface area (Å²) in [4.78, 5) is 5.11. The van der Waals surface area contributed by atoms with E-state index in [-0.39, 0.29) is 0 Å². The molecule has 0 aromatic heterocycles. The number of nitrogens with one attached hydrogen (secondary N) is 1. The Kier molecular flexibility index (Phi) is 5.42. The van der Waals surface area contributed by atoms with Crippen molar-refractivity contribution in [2.24, 2.45) is 5.92 Å². The second-order valence-electron chi connectivity index (χ2n) is 5.98. The molecule has 106 valence electrons. The first-order valence-corrected chi connectivity index (χ1v) is 7.38. The highest BCUT2D eigenvalue weighted by atomic mass is 16.5. The van der Waals surface area contributed by atoms with E-state index in [0.717, 1.165) is 13.2 Å². The van der Waals surface area contributed by atoms with E-state index in [4.69, 9.17) is 4.74 Å². The maximum Gasteiger partial charge on any atom is 0.0510 e. The standard InChI is InChI=1S/C14H29N3O/c1-12-9-16(3)6-4-7-17(12)10-14(15-2)13-5-8-18-11-13/h12-15H,4-11H2,1-3H3. The van der Waals surface area contributed by atoms with Gasteiger partial charge in [-0.15, -0.1) is 0 Å². The van der Waals surface area contributed by atoms with Gasteiger partial charge in [0.25, 0.3) is 0 Å². The Balaban J connectivity index is 1.88. The molecule has 1 N–H and O–H groups in total. The van der Waals surface area contributed by atoms with Crippen LogP contribution in [-0.4, -0.2) is 75.4 Å². The van der Waals surface area contributed by atoms with Crippen LogP contribution in [0.1, 0.15) is 19.8 Å². The smallest absolute Gasteiger partial charge is 0.0510 e. The minimum atomic E-state index is 0.582. The van der Waals surface area contributed by atoms with Crippen molar-refractivity contribution in [3.05, 3.63) is 0 Å². The van der Waals surface area contributed by atoms with Crippen LogP contribution in [0.15, 0.2) is 0 Å². The van der Waals surface area contributed by atoms with Crippen LogP contribution in [0.3, 0.4) is 0 Å². The Bertz CT molecular complexity index is 243. The Labute approximate surface area is 112 Å². The molecule has 2 rings (SSSR count). The lowest BCUT2D eigenvalue weighted by Crippen LogP contribution is -2.48. The summed E-state index contributed by atoms with van der Waals surface area (Å²) in [5, 5.41) is 3.51. The Morgan fingerprint density at radius 1 is 1.39 bits per heavy atom. The Hall–Kier alpha value is -0.160. The summed E-state index contributed by atoms with van der Waals surface area (Å²) >= 11 is 0. The summed E-state index contributed by atoms with van der Waals surface area (Å²) in [6, 6.07) is 1.24. The van der Waals surface area contributed by atoms with Gasteiger partial charge in [-0.1, -0.05) is 0 Å². The van der Waals surface area contributed by atoms with Crippen LogP contribution in [0, 0.1) is 5.92 Å². The number of hydrogen-bond donors (Lipinski definition) is 1. The summed E-state index contributed by atoms with van der Waals surface area (Å²) in [5.74, 6) is 0.697. The largest absolute Gasteiger partial charge is 0.381 e. The van der Waals surface area contributed by atoms with Crippen LogP contribution < -0.4 is 5.32 Å². The summed E-state index contributed by atoms with van der Waals surface area (Å²) in [7, 11) is 4.33. The van der Waals surface area contributed by atoms with Crippen molar-refractivity contribution < 1.29 is 4.74 Å². The minimum Gasteiger partial charge on any atom is -0.381 e. The van der Waals surface area contributed by atoms with Crippen LogP contribution in [0.2, 0.25) is 0 Å². The van der Waals surface area contributed by atoms with Gasteiger partial charge in [-0.2, -0.15) is 0 Å². The number of likely N-dealkylation sites (N-methyl/N-ethyl adjacent to an activating group) is 2. The number of nitrogens with zero attached hydrogens (tertiary/aromatic N) is 2. The van der Waals surface area contributed by atoms with Gasteiger partial charge in [0.05, 0.1) is 6.61 Å². The molecule has 18 heavy (non-hydrogen) atoms. The molecule has 0 radical (unpaired) electrons. The summed E-state index contributed by atoms with van der Waals surface area (Å²) in [6.45, 7) is 9.07. The van der Waals surface area contributed by atoms with Gasteiger partial charge in [-0.05, 0) is 47.0 Å². The van der Waals surface area contributed by atoms with Crippen molar-refractivity contribution in [1.29, 1.82) is 0 Å². The summed E-state index contributed by atoms with van der Waals surface area (Å²) in [5.41, 5.74) is 0. The fraction of sp³-hybridized carbons (Fsp3) is 1.00. The molecular formula is C14H29N3O.